The average Bonchev–Trinajstić information content (AvgIpc) is 3.06. The molecule has 0 aliphatic carbocycles. The molecule has 1 heterocycles. The van der Waals surface area contributed by atoms with Gasteiger partial charge in [-0.15, -0.1) is 0 Å². The van der Waals surface area contributed by atoms with Gasteiger partial charge in [0.2, 0.25) is 5.91 Å². The van der Waals surface area contributed by atoms with E-state index < -0.39 is 0 Å². The molecule has 1 fully saturated rings. The van der Waals surface area contributed by atoms with Gasteiger partial charge in [0, 0.05) is 25.1 Å². The molecule has 2 rings (SSSR count). The number of rotatable bonds is 7. The van der Waals surface area contributed by atoms with Crippen LogP contribution in [0.25, 0.3) is 0 Å². The van der Waals surface area contributed by atoms with Crippen molar-refractivity contribution in [2.45, 2.75) is 44.8 Å². The van der Waals surface area contributed by atoms with Crippen molar-refractivity contribution in [1.82, 2.24) is 10.6 Å². The fourth-order valence-corrected chi connectivity index (χ4v) is 2.56. The summed E-state index contributed by atoms with van der Waals surface area (Å²) in [5, 5.41) is 5.78. The maximum atomic E-state index is 11.8. The van der Waals surface area contributed by atoms with E-state index in [1.54, 1.807) is 12.1 Å². The number of benzene rings is 1. The summed E-state index contributed by atoms with van der Waals surface area (Å²) in [5.41, 5.74) is 0.638. The van der Waals surface area contributed by atoms with Gasteiger partial charge in [-0.1, -0.05) is 18.2 Å². The zero-order valence-corrected chi connectivity index (χ0v) is 13.0. The predicted molar refractivity (Wildman–Crippen MR) is 84.6 cm³/mol. The summed E-state index contributed by atoms with van der Waals surface area (Å²) in [6.45, 7) is 3.26. The first kappa shape index (κ1) is 16.5. The van der Waals surface area contributed by atoms with E-state index in [0.29, 0.717) is 24.9 Å². The number of ether oxygens (including phenoxy) is 1. The molecule has 2 unspecified atom stereocenters. The van der Waals surface area contributed by atoms with Crippen molar-refractivity contribution < 1.29 is 14.3 Å². The molecule has 2 N–H and O–H groups in total. The van der Waals surface area contributed by atoms with Crippen LogP contribution in [0.3, 0.4) is 0 Å². The van der Waals surface area contributed by atoms with Crippen molar-refractivity contribution in [3.05, 3.63) is 35.9 Å². The topological polar surface area (TPSA) is 67.4 Å². The smallest absolute Gasteiger partial charge is 0.251 e. The number of carbonyl (C=O) groups is 2. The molecule has 0 bridgehead atoms. The monoisotopic (exact) mass is 304 g/mol. The van der Waals surface area contributed by atoms with Crippen LogP contribution in [0.4, 0.5) is 0 Å². The summed E-state index contributed by atoms with van der Waals surface area (Å²) in [6.07, 6.45) is 3.25. The summed E-state index contributed by atoms with van der Waals surface area (Å²) in [7, 11) is 0. The lowest BCUT2D eigenvalue weighted by Crippen LogP contribution is -2.41. The first-order chi connectivity index (χ1) is 10.7. The largest absolute Gasteiger partial charge is 0.376 e. The van der Waals surface area contributed by atoms with Crippen LogP contribution in [0.5, 0.6) is 0 Å². The van der Waals surface area contributed by atoms with Crippen LogP contribution in [0.2, 0.25) is 0 Å². The number of amides is 2. The van der Waals surface area contributed by atoms with Crippen LogP contribution in [-0.2, 0) is 9.53 Å². The van der Waals surface area contributed by atoms with Crippen molar-refractivity contribution in [3.8, 4) is 0 Å². The summed E-state index contributed by atoms with van der Waals surface area (Å²) in [6, 6.07) is 9.12. The van der Waals surface area contributed by atoms with Crippen LogP contribution < -0.4 is 10.6 Å². The molecule has 1 saturated heterocycles. The Kier molecular flexibility index (Phi) is 6.40. The van der Waals surface area contributed by atoms with E-state index in [1.807, 2.05) is 25.1 Å². The van der Waals surface area contributed by atoms with Crippen LogP contribution in [0.1, 0.15) is 43.0 Å². The van der Waals surface area contributed by atoms with E-state index in [0.717, 1.165) is 19.4 Å². The SMILES string of the molecule is CC(NC(=O)CCCNC(=O)c1ccccc1)C1CCCO1. The molecule has 2 atom stereocenters. The summed E-state index contributed by atoms with van der Waals surface area (Å²) in [5.74, 6) is -0.0920. The fourth-order valence-electron chi connectivity index (χ4n) is 2.56. The fraction of sp³-hybridized carbons (Fsp3) is 0.529. The predicted octanol–water partition coefficient (Wildman–Crippen LogP) is 1.88. The summed E-state index contributed by atoms with van der Waals surface area (Å²) < 4.78 is 5.55. The Hall–Kier alpha value is -1.88. The Morgan fingerprint density at radius 3 is 2.77 bits per heavy atom. The second-order valence-corrected chi connectivity index (χ2v) is 5.63. The zero-order chi connectivity index (χ0) is 15.8. The van der Waals surface area contributed by atoms with Gasteiger partial charge in [0.25, 0.3) is 5.91 Å². The lowest BCUT2D eigenvalue weighted by molar-refractivity contribution is -0.122. The van der Waals surface area contributed by atoms with Crippen LogP contribution in [0, 0.1) is 0 Å². The number of hydrogen-bond acceptors (Lipinski definition) is 3. The molecule has 1 aliphatic heterocycles. The molecule has 0 aromatic heterocycles. The molecule has 0 saturated carbocycles. The van der Waals surface area contributed by atoms with Crippen molar-refractivity contribution in [3.63, 3.8) is 0 Å². The highest BCUT2D eigenvalue weighted by Gasteiger charge is 2.23. The Balaban J connectivity index is 1.60. The zero-order valence-electron chi connectivity index (χ0n) is 13.0. The van der Waals surface area contributed by atoms with Crippen LogP contribution in [0.15, 0.2) is 30.3 Å². The van der Waals surface area contributed by atoms with Crippen LogP contribution in [-0.4, -0.2) is 37.1 Å². The van der Waals surface area contributed by atoms with Gasteiger partial charge in [-0.05, 0) is 38.3 Å². The van der Waals surface area contributed by atoms with Crippen molar-refractivity contribution >= 4 is 11.8 Å². The molecular formula is C17H24N2O3. The second-order valence-electron chi connectivity index (χ2n) is 5.63. The van der Waals surface area contributed by atoms with E-state index in [9.17, 15) is 9.59 Å². The Morgan fingerprint density at radius 1 is 1.32 bits per heavy atom. The van der Waals surface area contributed by atoms with E-state index in [-0.39, 0.29) is 24.0 Å². The molecule has 22 heavy (non-hydrogen) atoms. The van der Waals surface area contributed by atoms with Crippen molar-refractivity contribution in [2.75, 3.05) is 13.2 Å². The first-order valence-corrected chi connectivity index (χ1v) is 7.91. The first-order valence-electron chi connectivity index (χ1n) is 7.91. The maximum absolute atomic E-state index is 11.8. The van der Waals surface area contributed by atoms with Crippen molar-refractivity contribution in [2.24, 2.45) is 0 Å². The highest BCUT2D eigenvalue weighted by Crippen LogP contribution is 2.15. The molecule has 0 radical (unpaired) electrons. The quantitative estimate of drug-likeness (QED) is 0.756. The number of carbonyl (C=O) groups excluding carboxylic acids is 2. The van der Waals surface area contributed by atoms with E-state index >= 15 is 0 Å². The van der Waals surface area contributed by atoms with Crippen LogP contribution >= 0.6 is 0 Å². The second kappa shape index (κ2) is 8.54. The Morgan fingerprint density at radius 2 is 2.09 bits per heavy atom. The lowest BCUT2D eigenvalue weighted by atomic mass is 10.1. The molecule has 5 nitrogen and oxygen atoms in total. The number of hydrogen-bond donors (Lipinski definition) is 2. The molecule has 120 valence electrons. The van der Waals surface area contributed by atoms with Gasteiger partial charge in [-0.3, -0.25) is 9.59 Å². The highest BCUT2D eigenvalue weighted by molar-refractivity contribution is 5.94. The molecule has 1 aromatic rings. The highest BCUT2D eigenvalue weighted by atomic mass is 16.5. The lowest BCUT2D eigenvalue weighted by Gasteiger charge is -2.19. The third kappa shape index (κ3) is 5.15. The normalized spacial score (nSPS) is 18.7. The maximum Gasteiger partial charge on any atom is 0.251 e. The molecular weight excluding hydrogens is 280 g/mol. The van der Waals surface area contributed by atoms with E-state index in [4.69, 9.17) is 4.74 Å². The van der Waals surface area contributed by atoms with Gasteiger partial charge in [-0.2, -0.15) is 0 Å². The van der Waals surface area contributed by atoms with Gasteiger partial charge in [0.1, 0.15) is 0 Å². The minimum atomic E-state index is -0.103. The van der Waals surface area contributed by atoms with Gasteiger partial charge >= 0.3 is 0 Å². The van der Waals surface area contributed by atoms with Gasteiger partial charge in [0.05, 0.1) is 12.1 Å². The molecule has 2 amide bonds. The molecule has 0 spiro atoms. The van der Waals surface area contributed by atoms with Crippen molar-refractivity contribution in [1.29, 1.82) is 0 Å². The van der Waals surface area contributed by atoms with E-state index in [1.165, 1.54) is 0 Å². The third-order valence-corrected chi connectivity index (χ3v) is 3.81. The number of nitrogens with one attached hydrogen (secondary N) is 2. The summed E-state index contributed by atoms with van der Waals surface area (Å²) >= 11 is 0. The van der Waals surface area contributed by atoms with Gasteiger partial charge < -0.3 is 15.4 Å². The van der Waals surface area contributed by atoms with Gasteiger partial charge in [-0.25, -0.2) is 0 Å². The van der Waals surface area contributed by atoms with Gasteiger partial charge in [0.15, 0.2) is 0 Å². The Labute approximate surface area is 131 Å². The molecule has 1 aromatic carbocycles. The van der Waals surface area contributed by atoms with E-state index in [2.05, 4.69) is 10.6 Å². The minimum absolute atomic E-state index is 0.0111. The average molecular weight is 304 g/mol. The molecule has 1 aliphatic rings. The minimum Gasteiger partial charge on any atom is -0.376 e. The third-order valence-electron chi connectivity index (χ3n) is 3.81. The standard InChI is InChI=1S/C17H24N2O3/c1-13(15-9-6-12-22-15)19-16(20)10-5-11-18-17(21)14-7-3-2-4-8-14/h2-4,7-8,13,15H,5-6,9-12H2,1H3,(H,18,21)(H,19,20). The molecule has 5 heteroatoms. The Bertz CT molecular complexity index is 484. The summed E-state index contributed by atoms with van der Waals surface area (Å²) in [4.78, 5) is 23.7.